The largest absolute Gasteiger partial charge is 0.390 e. The number of aliphatic hydroxyl groups is 2. The van der Waals surface area contributed by atoms with Gasteiger partial charge in [-0.1, -0.05) is 48.0 Å². The van der Waals surface area contributed by atoms with Crippen molar-refractivity contribution < 1.29 is 24.6 Å². The molecule has 0 aromatic heterocycles. The zero-order valence-electron chi connectivity index (χ0n) is 17.1. The highest BCUT2D eigenvalue weighted by Crippen LogP contribution is 2.42. The molecule has 0 heterocycles. The molecule has 1 aliphatic rings. The van der Waals surface area contributed by atoms with E-state index in [1.807, 2.05) is 41.5 Å². The Kier molecular flexibility index (Phi) is 8.15. The number of aliphatic hydroxyl groups excluding tert-OH is 1. The van der Waals surface area contributed by atoms with E-state index in [1.165, 1.54) is 0 Å². The van der Waals surface area contributed by atoms with E-state index in [0.717, 1.165) is 0 Å². The van der Waals surface area contributed by atoms with Gasteiger partial charge in [-0.25, -0.2) is 0 Å². The number of Topliss-reactive ketones (excluding diaryl/α,β-unsaturated/α-hetero) is 3. The van der Waals surface area contributed by atoms with Gasteiger partial charge in [-0.05, 0) is 37.0 Å². The second-order valence-corrected chi connectivity index (χ2v) is 9.10. The molecule has 26 heavy (non-hydrogen) atoms. The normalized spacial score (nSPS) is 27.8. The average molecular weight is 369 g/mol. The molecule has 0 saturated heterocycles. The van der Waals surface area contributed by atoms with E-state index in [2.05, 4.69) is 0 Å². The highest BCUT2D eigenvalue weighted by atomic mass is 16.4. The van der Waals surface area contributed by atoms with E-state index in [9.17, 15) is 24.6 Å². The number of carbonyl (C=O) groups is 3. The Hall–Kier alpha value is -1.07. The molecule has 1 unspecified atom stereocenters. The summed E-state index contributed by atoms with van der Waals surface area (Å²) in [7, 11) is 0. The van der Waals surface area contributed by atoms with Gasteiger partial charge in [0, 0.05) is 6.42 Å². The van der Waals surface area contributed by atoms with Crippen LogP contribution in [0.2, 0.25) is 0 Å². The molecular formula is C21H36O5. The molecular weight excluding hydrogens is 332 g/mol. The van der Waals surface area contributed by atoms with Gasteiger partial charge in [-0.15, -0.1) is 0 Å². The standard InChI is InChI=1S/C21H36O5/c1-12(2)7-9-15-19(24)18(16(22)11-14(5)6)20(25)21(15,26)17(23)10-8-13(3)4/h12-15,17-18,23,26H,7-11H2,1-6H3/t15-,17-,18?,21-/m0/s1. The maximum absolute atomic E-state index is 13.0. The van der Waals surface area contributed by atoms with Crippen molar-refractivity contribution >= 4 is 17.3 Å². The molecule has 1 fully saturated rings. The predicted octanol–water partition coefficient (Wildman–Crippen LogP) is 2.95. The molecule has 1 aliphatic carbocycles. The fraction of sp³-hybridized carbons (Fsp3) is 0.857. The van der Waals surface area contributed by atoms with Crippen molar-refractivity contribution in [3.05, 3.63) is 0 Å². The van der Waals surface area contributed by atoms with E-state index in [1.54, 1.807) is 0 Å². The molecule has 0 aromatic carbocycles. The minimum absolute atomic E-state index is 0.0248. The number of rotatable bonds is 10. The van der Waals surface area contributed by atoms with Crippen LogP contribution in [0.1, 0.15) is 73.6 Å². The monoisotopic (exact) mass is 368 g/mol. The van der Waals surface area contributed by atoms with E-state index in [-0.39, 0.29) is 18.8 Å². The highest BCUT2D eigenvalue weighted by Gasteiger charge is 2.63. The van der Waals surface area contributed by atoms with Crippen LogP contribution in [-0.2, 0) is 14.4 Å². The summed E-state index contributed by atoms with van der Waals surface area (Å²) in [6.45, 7) is 11.7. The first kappa shape index (κ1) is 23.0. The summed E-state index contributed by atoms with van der Waals surface area (Å²) < 4.78 is 0. The Morgan fingerprint density at radius 3 is 1.96 bits per heavy atom. The Morgan fingerprint density at radius 2 is 1.50 bits per heavy atom. The Labute approximate surface area is 157 Å². The zero-order valence-corrected chi connectivity index (χ0v) is 17.1. The molecule has 5 nitrogen and oxygen atoms in total. The number of hydrogen-bond donors (Lipinski definition) is 2. The van der Waals surface area contributed by atoms with Crippen molar-refractivity contribution in [1.29, 1.82) is 0 Å². The van der Waals surface area contributed by atoms with Crippen LogP contribution in [0.15, 0.2) is 0 Å². The van der Waals surface area contributed by atoms with Gasteiger partial charge in [-0.3, -0.25) is 14.4 Å². The molecule has 0 bridgehead atoms. The van der Waals surface area contributed by atoms with E-state index >= 15 is 0 Å². The fourth-order valence-electron chi connectivity index (χ4n) is 3.75. The summed E-state index contributed by atoms with van der Waals surface area (Å²) in [6.07, 6.45) is 0.618. The summed E-state index contributed by atoms with van der Waals surface area (Å²) >= 11 is 0. The Morgan fingerprint density at radius 1 is 0.962 bits per heavy atom. The van der Waals surface area contributed by atoms with Gasteiger partial charge in [-0.2, -0.15) is 0 Å². The van der Waals surface area contributed by atoms with Gasteiger partial charge >= 0.3 is 0 Å². The topological polar surface area (TPSA) is 91.7 Å². The van der Waals surface area contributed by atoms with Crippen LogP contribution in [0.25, 0.3) is 0 Å². The molecule has 4 atom stereocenters. The van der Waals surface area contributed by atoms with Gasteiger partial charge in [0.15, 0.2) is 23.0 Å². The summed E-state index contributed by atoms with van der Waals surface area (Å²) in [5.41, 5.74) is -2.14. The lowest BCUT2D eigenvalue weighted by Crippen LogP contribution is -2.52. The molecule has 0 radical (unpaired) electrons. The fourth-order valence-corrected chi connectivity index (χ4v) is 3.75. The number of ketones is 3. The highest BCUT2D eigenvalue weighted by molar-refractivity contribution is 6.27. The molecule has 1 saturated carbocycles. The lowest BCUT2D eigenvalue weighted by molar-refractivity contribution is -0.157. The van der Waals surface area contributed by atoms with Crippen molar-refractivity contribution in [2.24, 2.45) is 29.6 Å². The minimum Gasteiger partial charge on any atom is -0.390 e. The van der Waals surface area contributed by atoms with Gasteiger partial charge < -0.3 is 10.2 Å². The van der Waals surface area contributed by atoms with Crippen LogP contribution in [0, 0.1) is 29.6 Å². The van der Waals surface area contributed by atoms with Gasteiger partial charge in [0.1, 0.15) is 5.92 Å². The van der Waals surface area contributed by atoms with Gasteiger partial charge in [0.05, 0.1) is 12.0 Å². The maximum atomic E-state index is 13.0. The van der Waals surface area contributed by atoms with Crippen molar-refractivity contribution in [2.45, 2.75) is 85.4 Å². The molecule has 150 valence electrons. The maximum Gasteiger partial charge on any atom is 0.185 e. The van der Waals surface area contributed by atoms with Crippen molar-refractivity contribution in [1.82, 2.24) is 0 Å². The third-order valence-electron chi connectivity index (χ3n) is 5.31. The average Bonchev–Trinajstić information content (AvgIpc) is 2.69. The van der Waals surface area contributed by atoms with E-state index in [0.29, 0.717) is 31.1 Å². The van der Waals surface area contributed by atoms with Crippen molar-refractivity contribution in [3.8, 4) is 0 Å². The molecule has 0 amide bonds. The first-order chi connectivity index (χ1) is 11.9. The lowest BCUT2D eigenvalue weighted by atomic mass is 9.78. The van der Waals surface area contributed by atoms with E-state index in [4.69, 9.17) is 0 Å². The second kappa shape index (κ2) is 9.23. The SMILES string of the molecule is CC(C)CC[C@H](O)[C@]1(O)C(=O)C(C(=O)CC(C)C)C(=O)[C@@H]1CCC(C)C. The van der Waals surface area contributed by atoms with Crippen LogP contribution >= 0.6 is 0 Å². The third-order valence-corrected chi connectivity index (χ3v) is 5.31. The molecule has 2 N–H and O–H groups in total. The smallest absolute Gasteiger partial charge is 0.185 e. The van der Waals surface area contributed by atoms with Crippen LogP contribution in [0.4, 0.5) is 0 Å². The Bertz CT molecular complexity index is 522. The van der Waals surface area contributed by atoms with Gasteiger partial charge in [0.25, 0.3) is 0 Å². The number of hydrogen-bond acceptors (Lipinski definition) is 5. The summed E-state index contributed by atoms with van der Waals surface area (Å²) in [6, 6.07) is 0. The first-order valence-electron chi connectivity index (χ1n) is 9.94. The summed E-state index contributed by atoms with van der Waals surface area (Å²) in [4.78, 5) is 38.3. The molecule has 1 rings (SSSR count). The molecule has 5 heteroatoms. The lowest BCUT2D eigenvalue weighted by Gasteiger charge is -2.33. The first-order valence-corrected chi connectivity index (χ1v) is 9.94. The number of carbonyl (C=O) groups excluding carboxylic acids is 3. The third kappa shape index (κ3) is 5.01. The zero-order chi connectivity index (χ0) is 20.2. The van der Waals surface area contributed by atoms with Crippen LogP contribution < -0.4 is 0 Å². The molecule has 0 aliphatic heterocycles. The summed E-state index contributed by atoms with van der Waals surface area (Å²) in [5.74, 6) is -3.54. The predicted molar refractivity (Wildman–Crippen MR) is 101 cm³/mol. The quantitative estimate of drug-likeness (QED) is 0.579. The summed E-state index contributed by atoms with van der Waals surface area (Å²) in [5, 5.41) is 21.8. The van der Waals surface area contributed by atoms with E-state index < -0.39 is 40.9 Å². The molecule has 0 spiro atoms. The minimum atomic E-state index is -2.14. The van der Waals surface area contributed by atoms with Crippen molar-refractivity contribution in [2.75, 3.05) is 0 Å². The Balaban J connectivity index is 3.17. The van der Waals surface area contributed by atoms with Crippen LogP contribution in [0.5, 0.6) is 0 Å². The van der Waals surface area contributed by atoms with Crippen LogP contribution in [-0.4, -0.2) is 39.3 Å². The second-order valence-electron chi connectivity index (χ2n) is 9.10. The van der Waals surface area contributed by atoms with Crippen molar-refractivity contribution in [3.63, 3.8) is 0 Å². The van der Waals surface area contributed by atoms with Gasteiger partial charge in [0.2, 0.25) is 0 Å². The van der Waals surface area contributed by atoms with Crippen LogP contribution in [0.3, 0.4) is 0 Å². The molecule has 0 aromatic rings.